The van der Waals surface area contributed by atoms with E-state index in [1.54, 1.807) is 37.2 Å². The quantitative estimate of drug-likeness (QED) is 0.940. The van der Waals surface area contributed by atoms with Crippen molar-refractivity contribution >= 4 is 17.4 Å². The molecule has 0 saturated heterocycles. The van der Waals surface area contributed by atoms with Gasteiger partial charge in [-0.2, -0.15) is 0 Å². The average Bonchev–Trinajstić information content (AvgIpc) is 2.47. The molecule has 0 bridgehead atoms. The second-order valence-corrected chi connectivity index (χ2v) is 4.59. The van der Waals surface area contributed by atoms with Gasteiger partial charge in [-0.25, -0.2) is 9.37 Å². The van der Waals surface area contributed by atoms with Gasteiger partial charge in [-0.3, -0.25) is 4.79 Å². The van der Waals surface area contributed by atoms with E-state index >= 15 is 0 Å². The highest BCUT2D eigenvalue weighted by Gasteiger charge is 2.13. The molecule has 0 saturated carbocycles. The maximum atomic E-state index is 14.0. The van der Waals surface area contributed by atoms with Gasteiger partial charge in [-0.1, -0.05) is 0 Å². The first-order valence-electron chi connectivity index (χ1n) is 6.29. The Balaban J connectivity index is 2.20. The minimum Gasteiger partial charge on any atom is -0.497 e. The van der Waals surface area contributed by atoms with Crippen LogP contribution >= 0.6 is 0 Å². The predicted molar refractivity (Wildman–Crippen MR) is 79.5 cm³/mol. The fourth-order valence-corrected chi connectivity index (χ4v) is 1.76. The number of pyridine rings is 1. The summed E-state index contributed by atoms with van der Waals surface area (Å²) >= 11 is 0. The number of hydrogen-bond donors (Lipinski definition) is 1. The lowest BCUT2D eigenvalue weighted by molar-refractivity contribution is 0.102. The van der Waals surface area contributed by atoms with Crippen molar-refractivity contribution in [3.8, 4) is 5.75 Å². The van der Waals surface area contributed by atoms with Crippen LogP contribution < -0.4 is 15.0 Å². The number of nitrogens with zero attached hydrogens (tertiary/aromatic N) is 2. The van der Waals surface area contributed by atoms with Gasteiger partial charge in [0.1, 0.15) is 17.4 Å². The first kappa shape index (κ1) is 14.8. The second-order valence-electron chi connectivity index (χ2n) is 4.59. The highest BCUT2D eigenvalue weighted by molar-refractivity contribution is 6.04. The standard InChI is InChI=1S/C15H16FN3O2/c1-19(2)10-4-5-12(13(16)8-10)15(20)18-14-9-11(21-3)6-7-17-14/h4-9H,1-3H3,(H,17,18,20). The van der Waals surface area contributed by atoms with Crippen molar-refractivity contribution in [2.45, 2.75) is 0 Å². The predicted octanol–water partition coefficient (Wildman–Crippen LogP) is 2.55. The van der Waals surface area contributed by atoms with Gasteiger partial charge in [0.2, 0.25) is 0 Å². The molecule has 1 aromatic carbocycles. The van der Waals surface area contributed by atoms with E-state index in [1.807, 2.05) is 0 Å². The van der Waals surface area contributed by atoms with Crippen LogP contribution in [-0.4, -0.2) is 32.1 Å². The Kier molecular flexibility index (Phi) is 4.37. The number of benzene rings is 1. The van der Waals surface area contributed by atoms with E-state index in [1.165, 1.54) is 25.4 Å². The molecule has 1 N–H and O–H groups in total. The summed E-state index contributed by atoms with van der Waals surface area (Å²) in [6, 6.07) is 7.65. The normalized spacial score (nSPS) is 10.1. The summed E-state index contributed by atoms with van der Waals surface area (Å²) in [5.41, 5.74) is 0.647. The number of nitrogens with one attached hydrogen (secondary N) is 1. The van der Waals surface area contributed by atoms with Crippen molar-refractivity contribution in [2.75, 3.05) is 31.4 Å². The maximum Gasteiger partial charge on any atom is 0.259 e. The largest absolute Gasteiger partial charge is 0.497 e. The molecule has 1 aromatic heterocycles. The topological polar surface area (TPSA) is 54.5 Å². The Morgan fingerprint density at radius 3 is 2.67 bits per heavy atom. The SMILES string of the molecule is COc1ccnc(NC(=O)c2ccc(N(C)C)cc2F)c1. The lowest BCUT2D eigenvalue weighted by Crippen LogP contribution is -2.16. The molecule has 21 heavy (non-hydrogen) atoms. The van der Waals surface area contributed by atoms with E-state index in [9.17, 15) is 9.18 Å². The van der Waals surface area contributed by atoms with Crippen molar-refractivity contribution in [1.82, 2.24) is 4.98 Å². The van der Waals surface area contributed by atoms with Crippen molar-refractivity contribution in [3.05, 3.63) is 47.9 Å². The number of anilines is 2. The number of amides is 1. The fraction of sp³-hybridized carbons (Fsp3) is 0.200. The maximum absolute atomic E-state index is 14.0. The van der Waals surface area contributed by atoms with Gasteiger partial charge in [-0.15, -0.1) is 0 Å². The summed E-state index contributed by atoms with van der Waals surface area (Å²) in [4.78, 5) is 17.8. The van der Waals surface area contributed by atoms with Gasteiger partial charge in [0.05, 0.1) is 12.7 Å². The Labute approximate surface area is 122 Å². The molecule has 0 aliphatic rings. The van der Waals surface area contributed by atoms with Gasteiger partial charge in [0.25, 0.3) is 5.91 Å². The van der Waals surface area contributed by atoms with Crippen LogP contribution in [0.1, 0.15) is 10.4 Å². The molecule has 2 aromatic rings. The second kappa shape index (κ2) is 6.21. The van der Waals surface area contributed by atoms with E-state index in [2.05, 4.69) is 10.3 Å². The first-order valence-corrected chi connectivity index (χ1v) is 6.29. The highest BCUT2D eigenvalue weighted by atomic mass is 19.1. The molecule has 1 heterocycles. The lowest BCUT2D eigenvalue weighted by Gasteiger charge is -2.13. The van der Waals surface area contributed by atoms with Crippen LogP contribution in [0.5, 0.6) is 5.75 Å². The Bertz CT molecular complexity index is 659. The molecule has 0 aliphatic heterocycles. The minimum atomic E-state index is -0.582. The third kappa shape index (κ3) is 3.47. The molecule has 2 rings (SSSR count). The number of ether oxygens (including phenoxy) is 1. The number of methoxy groups -OCH3 is 1. The molecule has 0 atom stereocenters. The molecule has 1 amide bonds. The summed E-state index contributed by atoms with van der Waals surface area (Å²) in [5, 5.41) is 2.54. The average molecular weight is 289 g/mol. The summed E-state index contributed by atoms with van der Waals surface area (Å²) in [7, 11) is 5.12. The molecule has 0 radical (unpaired) electrons. The van der Waals surface area contributed by atoms with Crippen LogP contribution in [0.4, 0.5) is 15.9 Å². The molecular weight excluding hydrogens is 273 g/mol. The zero-order valence-electron chi connectivity index (χ0n) is 12.1. The molecule has 5 nitrogen and oxygen atoms in total. The smallest absolute Gasteiger partial charge is 0.259 e. The molecule has 6 heteroatoms. The van der Waals surface area contributed by atoms with Gasteiger partial charge >= 0.3 is 0 Å². The number of halogens is 1. The third-order valence-electron chi connectivity index (χ3n) is 2.92. The highest BCUT2D eigenvalue weighted by Crippen LogP contribution is 2.19. The monoisotopic (exact) mass is 289 g/mol. The van der Waals surface area contributed by atoms with E-state index in [-0.39, 0.29) is 5.56 Å². The molecule has 0 aliphatic carbocycles. The molecule has 0 unspecified atom stereocenters. The Hall–Kier alpha value is -2.63. The first-order chi connectivity index (χ1) is 10.0. The molecule has 110 valence electrons. The summed E-state index contributed by atoms with van der Waals surface area (Å²) < 4.78 is 19.0. The van der Waals surface area contributed by atoms with Gasteiger partial charge in [0.15, 0.2) is 0 Å². The van der Waals surface area contributed by atoms with Gasteiger partial charge < -0.3 is 15.0 Å². The van der Waals surface area contributed by atoms with Crippen LogP contribution in [0, 0.1) is 5.82 Å². The van der Waals surface area contributed by atoms with Crippen LogP contribution in [0.3, 0.4) is 0 Å². The van der Waals surface area contributed by atoms with Crippen molar-refractivity contribution in [1.29, 1.82) is 0 Å². The summed E-state index contributed by atoms with van der Waals surface area (Å²) in [6.07, 6.45) is 1.50. The number of carbonyl (C=O) groups is 1. The fourth-order valence-electron chi connectivity index (χ4n) is 1.76. The third-order valence-corrected chi connectivity index (χ3v) is 2.92. The van der Waals surface area contributed by atoms with E-state index in [0.717, 1.165) is 0 Å². The number of hydrogen-bond acceptors (Lipinski definition) is 4. The molecule has 0 spiro atoms. The van der Waals surface area contributed by atoms with Crippen molar-refractivity contribution in [3.63, 3.8) is 0 Å². The Morgan fingerprint density at radius 1 is 1.29 bits per heavy atom. The molecule has 0 fully saturated rings. The van der Waals surface area contributed by atoms with Gasteiger partial charge in [0, 0.05) is 32.0 Å². The van der Waals surface area contributed by atoms with Crippen molar-refractivity contribution in [2.24, 2.45) is 0 Å². The van der Waals surface area contributed by atoms with Crippen molar-refractivity contribution < 1.29 is 13.9 Å². The summed E-state index contributed by atoms with van der Waals surface area (Å²) in [6.45, 7) is 0. The number of aromatic nitrogens is 1. The lowest BCUT2D eigenvalue weighted by atomic mass is 10.1. The number of carbonyl (C=O) groups excluding carboxylic acids is 1. The minimum absolute atomic E-state index is 0.0368. The van der Waals surface area contributed by atoms with Crippen LogP contribution in [0.2, 0.25) is 0 Å². The molecular formula is C15H16FN3O2. The number of rotatable bonds is 4. The zero-order chi connectivity index (χ0) is 15.4. The van der Waals surface area contributed by atoms with E-state index in [0.29, 0.717) is 17.3 Å². The van der Waals surface area contributed by atoms with Crippen LogP contribution in [-0.2, 0) is 0 Å². The van der Waals surface area contributed by atoms with E-state index in [4.69, 9.17) is 4.74 Å². The summed E-state index contributed by atoms with van der Waals surface area (Å²) in [5.74, 6) is -0.278. The van der Waals surface area contributed by atoms with Gasteiger partial charge in [-0.05, 0) is 24.3 Å². The Morgan fingerprint density at radius 2 is 2.05 bits per heavy atom. The van der Waals surface area contributed by atoms with Crippen LogP contribution in [0.25, 0.3) is 0 Å². The van der Waals surface area contributed by atoms with Crippen LogP contribution in [0.15, 0.2) is 36.5 Å². The van der Waals surface area contributed by atoms with E-state index < -0.39 is 11.7 Å². The zero-order valence-corrected chi connectivity index (χ0v) is 12.1.